The molecule has 0 aliphatic heterocycles. The van der Waals surface area contributed by atoms with Gasteiger partial charge in [0.15, 0.2) is 0 Å². The fourth-order valence-electron chi connectivity index (χ4n) is 0.856. The lowest BCUT2D eigenvalue weighted by Gasteiger charge is -1.94. The van der Waals surface area contributed by atoms with E-state index in [4.69, 9.17) is 4.74 Å². The van der Waals surface area contributed by atoms with Crippen LogP contribution in [-0.4, -0.2) is 17.6 Å². The van der Waals surface area contributed by atoms with E-state index in [0.717, 1.165) is 0 Å². The number of esters is 1. The lowest BCUT2D eigenvalue weighted by atomic mass is 10.3. The molecule has 0 bridgehead atoms. The van der Waals surface area contributed by atoms with Crippen LogP contribution in [0, 0.1) is 11.8 Å². The number of carbonyl (C=O) groups is 1. The van der Waals surface area contributed by atoms with Gasteiger partial charge in [0, 0.05) is 6.20 Å². The SMILES string of the molecule is CCOC(=O)CC#Cc1ccccn1. The summed E-state index contributed by atoms with van der Waals surface area (Å²) in [5.74, 6) is 5.18. The van der Waals surface area contributed by atoms with Gasteiger partial charge in [0.1, 0.15) is 12.1 Å². The van der Waals surface area contributed by atoms with E-state index >= 15 is 0 Å². The quantitative estimate of drug-likeness (QED) is 0.521. The van der Waals surface area contributed by atoms with Crippen molar-refractivity contribution >= 4 is 5.97 Å². The van der Waals surface area contributed by atoms with Crippen molar-refractivity contribution in [3.63, 3.8) is 0 Å². The molecule has 0 amide bonds. The first-order valence-electron chi connectivity index (χ1n) is 4.38. The predicted molar refractivity (Wildman–Crippen MR) is 52.4 cm³/mol. The molecule has 0 spiro atoms. The van der Waals surface area contributed by atoms with E-state index in [0.29, 0.717) is 12.3 Å². The van der Waals surface area contributed by atoms with Gasteiger partial charge in [0.25, 0.3) is 0 Å². The number of nitrogens with zero attached hydrogens (tertiary/aromatic N) is 1. The van der Waals surface area contributed by atoms with Gasteiger partial charge in [-0.15, -0.1) is 0 Å². The molecule has 14 heavy (non-hydrogen) atoms. The summed E-state index contributed by atoms with van der Waals surface area (Å²) in [4.78, 5) is 14.9. The summed E-state index contributed by atoms with van der Waals surface area (Å²) in [6, 6.07) is 5.45. The van der Waals surface area contributed by atoms with Crippen molar-refractivity contribution in [3.05, 3.63) is 30.1 Å². The smallest absolute Gasteiger partial charge is 0.317 e. The minimum absolute atomic E-state index is 0.115. The number of ether oxygens (including phenoxy) is 1. The Kier molecular flexibility index (Phi) is 4.22. The van der Waals surface area contributed by atoms with Crippen LogP contribution in [-0.2, 0) is 9.53 Å². The highest BCUT2D eigenvalue weighted by Crippen LogP contribution is 1.90. The normalized spacial score (nSPS) is 8.64. The van der Waals surface area contributed by atoms with Crippen molar-refractivity contribution in [1.82, 2.24) is 4.98 Å². The van der Waals surface area contributed by atoms with Crippen LogP contribution in [0.1, 0.15) is 19.0 Å². The Morgan fingerprint density at radius 1 is 1.57 bits per heavy atom. The molecule has 1 aromatic heterocycles. The Morgan fingerprint density at radius 3 is 3.07 bits per heavy atom. The fraction of sp³-hybridized carbons (Fsp3) is 0.273. The van der Waals surface area contributed by atoms with Crippen molar-refractivity contribution in [2.24, 2.45) is 0 Å². The molecule has 0 fully saturated rings. The van der Waals surface area contributed by atoms with Crippen LogP contribution in [0.4, 0.5) is 0 Å². The Labute approximate surface area is 83.1 Å². The molecular formula is C11H11NO2. The molecule has 0 aromatic carbocycles. The van der Waals surface area contributed by atoms with Crippen molar-refractivity contribution in [2.45, 2.75) is 13.3 Å². The predicted octanol–water partition coefficient (Wildman–Crippen LogP) is 1.39. The second-order valence-corrected chi connectivity index (χ2v) is 2.50. The van der Waals surface area contributed by atoms with Crippen LogP contribution in [0.5, 0.6) is 0 Å². The van der Waals surface area contributed by atoms with E-state index in [1.54, 1.807) is 19.2 Å². The lowest BCUT2D eigenvalue weighted by molar-refractivity contribution is -0.141. The number of aromatic nitrogens is 1. The minimum Gasteiger partial charge on any atom is -0.465 e. The zero-order chi connectivity index (χ0) is 10.2. The van der Waals surface area contributed by atoms with Crippen molar-refractivity contribution in [2.75, 3.05) is 6.61 Å². The van der Waals surface area contributed by atoms with E-state index in [-0.39, 0.29) is 12.4 Å². The number of hydrogen-bond donors (Lipinski definition) is 0. The Morgan fingerprint density at radius 2 is 2.43 bits per heavy atom. The highest BCUT2D eigenvalue weighted by molar-refractivity contribution is 5.72. The number of pyridine rings is 1. The second-order valence-electron chi connectivity index (χ2n) is 2.50. The van der Waals surface area contributed by atoms with Crippen molar-refractivity contribution in [1.29, 1.82) is 0 Å². The van der Waals surface area contributed by atoms with Gasteiger partial charge >= 0.3 is 5.97 Å². The monoisotopic (exact) mass is 189 g/mol. The zero-order valence-electron chi connectivity index (χ0n) is 7.99. The minimum atomic E-state index is -0.295. The van der Waals surface area contributed by atoms with Gasteiger partial charge in [0.05, 0.1) is 6.61 Å². The lowest BCUT2D eigenvalue weighted by Crippen LogP contribution is -2.01. The molecule has 0 radical (unpaired) electrons. The molecule has 0 N–H and O–H groups in total. The number of hydrogen-bond acceptors (Lipinski definition) is 3. The van der Waals surface area contributed by atoms with Crippen LogP contribution in [0.3, 0.4) is 0 Å². The Hall–Kier alpha value is -1.82. The molecule has 0 atom stereocenters. The highest BCUT2D eigenvalue weighted by atomic mass is 16.5. The van der Waals surface area contributed by atoms with E-state index in [9.17, 15) is 4.79 Å². The number of rotatable bonds is 2. The van der Waals surface area contributed by atoms with Gasteiger partial charge < -0.3 is 4.74 Å². The van der Waals surface area contributed by atoms with Gasteiger partial charge in [0.2, 0.25) is 0 Å². The summed E-state index contributed by atoms with van der Waals surface area (Å²) < 4.78 is 4.72. The van der Waals surface area contributed by atoms with Gasteiger partial charge in [-0.05, 0) is 25.0 Å². The second kappa shape index (κ2) is 5.76. The first-order valence-corrected chi connectivity index (χ1v) is 4.38. The largest absolute Gasteiger partial charge is 0.465 e. The maximum Gasteiger partial charge on any atom is 0.317 e. The standard InChI is InChI=1S/C11H11NO2/c1-2-14-11(13)8-5-7-10-6-3-4-9-12-10/h3-4,6,9H,2,8H2,1H3. The third-order valence-electron chi connectivity index (χ3n) is 1.42. The molecule has 3 nitrogen and oxygen atoms in total. The molecule has 1 aromatic rings. The first kappa shape index (κ1) is 10.3. The molecule has 0 saturated heterocycles. The third kappa shape index (κ3) is 3.72. The fourth-order valence-corrected chi connectivity index (χ4v) is 0.856. The summed E-state index contributed by atoms with van der Waals surface area (Å²) in [6.07, 6.45) is 1.78. The number of carbonyl (C=O) groups excluding carboxylic acids is 1. The van der Waals surface area contributed by atoms with E-state index in [1.807, 2.05) is 12.1 Å². The summed E-state index contributed by atoms with van der Waals surface area (Å²) in [7, 11) is 0. The zero-order valence-corrected chi connectivity index (χ0v) is 7.99. The molecular weight excluding hydrogens is 178 g/mol. The Balaban J connectivity index is 2.45. The highest BCUT2D eigenvalue weighted by Gasteiger charge is 1.95. The van der Waals surface area contributed by atoms with Gasteiger partial charge in [-0.25, -0.2) is 4.98 Å². The van der Waals surface area contributed by atoms with E-state index in [2.05, 4.69) is 16.8 Å². The maximum atomic E-state index is 10.9. The molecule has 72 valence electrons. The Bertz CT molecular complexity index is 349. The van der Waals surface area contributed by atoms with Gasteiger partial charge in [-0.2, -0.15) is 0 Å². The molecule has 0 aliphatic rings. The molecule has 0 unspecified atom stereocenters. The van der Waals surface area contributed by atoms with Crippen molar-refractivity contribution < 1.29 is 9.53 Å². The van der Waals surface area contributed by atoms with Crippen LogP contribution in [0.15, 0.2) is 24.4 Å². The van der Waals surface area contributed by atoms with E-state index < -0.39 is 0 Å². The molecule has 0 saturated carbocycles. The average molecular weight is 189 g/mol. The van der Waals surface area contributed by atoms with Crippen LogP contribution in [0.2, 0.25) is 0 Å². The molecule has 3 heteroatoms. The van der Waals surface area contributed by atoms with Crippen LogP contribution >= 0.6 is 0 Å². The average Bonchev–Trinajstić information content (AvgIpc) is 2.20. The summed E-state index contributed by atoms with van der Waals surface area (Å²) in [5, 5.41) is 0. The summed E-state index contributed by atoms with van der Waals surface area (Å²) in [6.45, 7) is 2.16. The third-order valence-corrected chi connectivity index (χ3v) is 1.42. The molecule has 1 heterocycles. The van der Waals surface area contributed by atoms with Gasteiger partial charge in [-0.3, -0.25) is 4.79 Å². The summed E-state index contributed by atoms with van der Waals surface area (Å²) in [5.41, 5.74) is 0.664. The van der Waals surface area contributed by atoms with E-state index in [1.165, 1.54) is 0 Å². The van der Waals surface area contributed by atoms with Crippen molar-refractivity contribution in [3.8, 4) is 11.8 Å². The summed E-state index contributed by atoms with van der Waals surface area (Å²) >= 11 is 0. The van der Waals surface area contributed by atoms with Crippen LogP contribution < -0.4 is 0 Å². The topological polar surface area (TPSA) is 39.2 Å². The maximum absolute atomic E-state index is 10.9. The molecule has 1 rings (SSSR count). The first-order chi connectivity index (χ1) is 6.83. The van der Waals surface area contributed by atoms with Crippen LogP contribution in [0.25, 0.3) is 0 Å². The van der Waals surface area contributed by atoms with Gasteiger partial charge in [-0.1, -0.05) is 12.0 Å². The molecule has 0 aliphatic carbocycles.